The van der Waals surface area contributed by atoms with Gasteiger partial charge in [0.1, 0.15) is 5.82 Å². The van der Waals surface area contributed by atoms with E-state index in [0.717, 1.165) is 43.6 Å². The van der Waals surface area contributed by atoms with Crippen LogP contribution in [0.1, 0.15) is 56.5 Å². The minimum Gasteiger partial charge on any atom is -0.356 e. The van der Waals surface area contributed by atoms with E-state index in [1.165, 1.54) is 0 Å². The lowest BCUT2D eigenvalue weighted by molar-refractivity contribution is 0.112. The van der Waals surface area contributed by atoms with Crippen molar-refractivity contribution in [3.05, 3.63) is 23.4 Å². The van der Waals surface area contributed by atoms with Crippen LogP contribution in [0.5, 0.6) is 0 Å². The molecule has 0 bridgehead atoms. The van der Waals surface area contributed by atoms with E-state index >= 15 is 0 Å². The van der Waals surface area contributed by atoms with E-state index in [-0.39, 0.29) is 0 Å². The third-order valence-corrected chi connectivity index (χ3v) is 3.46. The highest BCUT2D eigenvalue weighted by molar-refractivity contribution is 5.75. The van der Waals surface area contributed by atoms with Crippen LogP contribution in [0.2, 0.25) is 0 Å². The van der Waals surface area contributed by atoms with Gasteiger partial charge in [-0.15, -0.1) is 0 Å². The van der Waals surface area contributed by atoms with Gasteiger partial charge < -0.3 is 4.90 Å². The van der Waals surface area contributed by atoms with E-state index in [2.05, 4.69) is 37.6 Å². The van der Waals surface area contributed by atoms with Gasteiger partial charge in [-0.25, -0.2) is 4.98 Å². The van der Waals surface area contributed by atoms with E-state index in [0.29, 0.717) is 17.4 Å². The van der Waals surface area contributed by atoms with Crippen molar-refractivity contribution < 1.29 is 4.79 Å². The van der Waals surface area contributed by atoms with Crippen LogP contribution in [-0.4, -0.2) is 24.4 Å². The summed E-state index contributed by atoms with van der Waals surface area (Å²) in [6.07, 6.45) is 4.85. The maximum atomic E-state index is 10.8. The Hall–Kier alpha value is -1.38. The third-order valence-electron chi connectivity index (χ3n) is 3.46. The van der Waals surface area contributed by atoms with Gasteiger partial charge in [-0.1, -0.05) is 27.7 Å². The van der Waals surface area contributed by atoms with Crippen LogP contribution in [0, 0.1) is 18.8 Å². The fourth-order valence-electron chi connectivity index (χ4n) is 2.14. The number of nitrogens with zero attached hydrogens (tertiary/aromatic N) is 2. The van der Waals surface area contributed by atoms with E-state index in [9.17, 15) is 4.79 Å². The molecular weight excluding hydrogens is 248 g/mol. The molecule has 0 fully saturated rings. The Kier molecular flexibility index (Phi) is 6.69. The van der Waals surface area contributed by atoms with Gasteiger partial charge in [0.25, 0.3) is 0 Å². The molecule has 0 saturated heterocycles. The summed E-state index contributed by atoms with van der Waals surface area (Å²) in [4.78, 5) is 17.7. The van der Waals surface area contributed by atoms with Gasteiger partial charge >= 0.3 is 0 Å². The molecule has 20 heavy (non-hydrogen) atoms. The van der Waals surface area contributed by atoms with Crippen LogP contribution in [-0.2, 0) is 0 Å². The standard InChI is InChI=1S/C17H28N2O/c1-13(2)6-8-19(9-7-14(3)4)17-15(5)10-16(12-20)11-18-17/h10-14H,6-9H2,1-5H3. The molecule has 0 amide bonds. The molecule has 0 aliphatic rings. The van der Waals surface area contributed by atoms with Crippen molar-refractivity contribution in [2.24, 2.45) is 11.8 Å². The summed E-state index contributed by atoms with van der Waals surface area (Å²) in [6, 6.07) is 1.92. The number of hydrogen-bond donors (Lipinski definition) is 0. The predicted octanol–water partition coefficient (Wildman–Crippen LogP) is 4.10. The van der Waals surface area contributed by atoms with E-state index in [1.807, 2.05) is 13.0 Å². The Labute approximate surface area is 123 Å². The second-order valence-electron chi connectivity index (χ2n) is 6.38. The van der Waals surface area contributed by atoms with Crippen LogP contribution >= 0.6 is 0 Å². The number of aromatic nitrogens is 1. The molecular formula is C17H28N2O. The lowest BCUT2D eigenvalue weighted by Gasteiger charge is -2.27. The Morgan fingerprint density at radius 2 is 1.70 bits per heavy atom. The summed E-state index contributed by atoms with van der Waals surface area (Å²) in [5, 5.41) is 0. The minimum atomic E-state index is 0.652. The summed E-state index contributed by atoms with van der Waals surface area (Å²) < 4.78 is 0. The zero-order valence-electron chi connectivity index (χ0n) is 13.5. The Balaban J connectivity index is 2.87. The summed E-state index contributed by atoms with van der Waals surface area (Å²) in [7, 11) is 0. The molecule has 0 radical (unpaired) electrons. The smallest absolute Gasteiger partial charge is 0.151 e. The number of carbonyl (C=O) groups excluding carboxylic acids is 1. The Morgan fingerprint density at radius 3 is 2.10 bits per heavy atom. The predicted molar refractivity (Wildman–Crippen MR) is 85.5 cm³/mol. The second-order valence-corrected chi connectivity index (χ2v) is 6.38. The molecule has 1 aromatic rings. The van der Waals surface area contributed by atoms with E-state index in [4.69, 9.17) is 0 Å². The molecule has 0 unspecified atom stereocenters. The first-order valence-electron chi connectivity index (χ1n) is 7.60. The first kappa shape index (κ1) is 16.7. The molecule has 3 heteroatoms. The molecule has 1 heterocycles. The maximum Gasteiger partial charge on any atom is 0.151 e. The summed E-state index contributed by atoms with van der Waals surface area (Å²) in [5.74, 6) is 2.40. The third kappa shape index (κ3) is 5.32. The molecule has 1 aromatic heterocycles. The van der Waals surface area contributed by atoms with Crippen molar-refractivity contribution in [2.75, 3.05) is 18.0 Å². The van der Waals surface area contributed by atoms with Gasteiger partial charge in [-0.2, -0.15) is 0 Å². The number of rotatable bonds is 8. The normalized spacial score (nSPS) is 11.2. The monoisotopic (exact) mass is 276 g/mol. The van der Waals surface area contributed by atoms with Gasteiger partial charge in [0.15, 0.2) is 6.29 Å². The van der Waals surface area contributed by atoms with Crippen LogP contribution in [0.3, 0.4) is 0 Å². The fraction of sp³-hybridized carbons (Fsp3) is 0.647. The fourth-order valence-corrected chi connectivity index (χ4v) is 2.14. The van der Waals surface area contributed by atoms with E-state index in [1.54, 1.807) is 6.20 Å². The first-order chi connectivity index (χ1) is 9.43. The van der Waals surface area contributed by atoms with Gasteiger partial charge in [0.05, 0.1) is 0 Å². The SMILES string of the molecule is Cc1cc(C=O)cnc1N(CCC(C)C)CCC(C)C. The summed E-state index contributed by atoms with van der Waals surface area (Å²) >= 11 is 0. The molecule has 112 valence electrons. The average Bonchev–Trinajstić information content (AvgIpc) is 2.39. The number of pyridine rings is 1. The van der Waals surface area contributed by atoms with E-state index < -0.39 is 0 Å². The van der Waals surface area contributed by atoms with Gasteiger partial charge in [0.2, 0.25) is 0 Å². The topological polar surface area (TPSA) is 33.2 Å². The molecule has 0 aliphatic carbocycles. The number of aryl methyl sites for hydroxylation is 1. The van der Waals surface area contributed by atoms with Crippen LogP contribution in [0.4, 0.5) is 5.82 Å². The van der Waals surface area contributed by atoms with Crippen LogP contribution < -0.4 is 4.90 Å². The highest BCUT2D eigenvalue weighted by atomic mass is 16.1. The first-order valence-corrected chi connectivity index (χ1v) is 7.60. The number of anilines is 1. The molecule has 0 atom stereocenters. The summed E-state index contributed by atoms with van der Waals surface area (Å²) in [5.41, 5.74) is 1.74. The Morgan fingerprint density at radius 1 is 1.15 bits per heavy atom. The van der Waals surface area contributed by atoms with Crippen molar-refractivity contribution in [3.63, 3.8) is 0 Å². The zero-order valence-corrected chi connectivity index (χ0v) is 13.5. The molecule has 1 rings (SSSR count). The van der Waals surface area contributed by atoms with Crippen molar-refractivity contribution in [1.82, 2.24) is 4.98 Å². The molecule has 0 saturated carbocycles. The second kappa shape index (κ2) is 8.03. The average molecular weight is 276 g/mol. The number of aldehydes is 1. The van der Waals surface area contributed by atoms with Crippen molar-refractivity contribution in [2.45, 2.75) is 47.5 Å². The Bertz CT molecular complexity index is 415. The molecule has 0 aliphatic heterocycles. The van der Waals surface area contributed by atoms with Crippen molar-refractivity contribution in [1.29, 1.82) is 0 Å². The highest BCUT2D eigenvalue weighted by Crippen LogP contribution is 2.20. The minimum absolute atomic E-state index is 0.652. The lowest BCUT2D eigenvalue weighted by Crippen LogP contribution is -2.29. The quantitative estimate of drug-likeness (QED) is 0.670. The lowest BCUT2D eigenvalue weighted by atomic mass is 10.1. The van der Waals surface area contributed by atoms with Crippen LogP contribution in [0.15, 0.2) is 12.3 Å². The number of hydrogen-bond acceptors (Lipinski definition) is 3. The highest BCUT2D eigenvalue weighted by Gasteiger charge is 2.12. The van der Waals surface area contributed by atoms with Crippen molar-refractivity contribution in [3.8, 4) is 0 Å². The van der Waals surface area contributed by atoms with Gasteiger partial charge in [-0.05, 0) is 43.2 Å². The number of carbonyl (C=O) groups is 1. The molecule has 0 N–H and O–H groups in total. The van der Waals surface area contributed by atoms with Crippen molar-refractivity contribution >= 4 is 12.1 Å². The maximum absolute atomic E-state index is 10.8. The largest absolute Gasteiger partial charge is 0.356 e. The molecule has 3 nitrogen and oxygen atoms in total. The van der Waals surface area contributed by atoms with Crippen LogP contribution in [0.25, 0.3) is 0 Å². The summed E-state index contributed by atoms with van der Waals surface area (Å²) in [6.45, 7) is 13.1. The molecule has 0 spiro atoms. The van der Waals surface area contributed by atoms with Gasteiger partial charge in [0, 0.05) is 24.8 Å². The van der Waals surface area contributed by atoms with Gasteiger partial charge in [-0.3, -0.25) is 4.79 Å². The molecule has 0 aromatic carbocycles. The zero-order chi connectivity index (χ0) is 15.1.